The van der Waals surface area contributed by atoms with Crippen molar-refractivity contribution in [3.63, 3.8) is 0 Å². The van der Waals surface area contributed by atoms with Crippen molar-refractivity contribution in [3.8, 4) is 6.07 Å². The molecule has 0 aliphatic carbocycles. The Morgan fingerprint density at radius 2 is 2.00 bits per heavy atom. The quantitative estimate of drug-likeness (QED) is 0.850. The Hall–Kier alpha value is -2.67. The van der Waals surface area contributed by atoms with Crippen LogP contribution in [0.4, 0.5) is 4.39 Å². The zero-order valence-electron chi connectivity index (χ0n) is 12.4. The lowest BCUT2D eigenvalue weighted by Gasteiger charge is -2.17. The van der Waals surface area contributed by atoms with E-state index in [-0.39, 0.29) is 18.1 Å². The molecule has 0 fully saturated rings. The molecule has 22 heavy (non-hydrogen) atoms. The highest BCUT2D eigenvalue weighted by Gasteiger charge is 2.11. The maximum Gasteiger partial charge on any atom is 0.222 e. The minimum Gasteiger partial charge on any atom is -0.341 e. The smallest absolute Gasteiger partial charge is 0.222 e. The zero-order chi connectivity index (χ0) is 15.9. The number of amides is 1. The molecular weight excluding hydrogens is 279 g/mol. The van der Waals surface area contributed by atoms with Crippen molar-refractivity contribution in [2.24, 2.45) is 0 Å². The van der Waals surface area contributed by atoms with Gasteiger partial charge in [0.25, 0.3) is 0 Å². The summed E-state index contributed by atoms with van der Waals surface area (Å²) in [7, 11) is 1.71. The summed E-state index contributed by atoms with van der Waals surface area (Å²) in [5.41, 5.74) is 2.03. The van der Waals surface area contributed by atoms with Gasteiger partial charge in [0.2, 0.25) is 5.91 Å². The van der Waals surface area contributed by atoms with E-state index in [4.69, 9.17) is 5.26 Å². The van der Waals surface area contributed by atoms with E-state index in [1.54, 1.807) is 48.3 Å². The minimum atomic E-state index is -0.278. The van der Waals surface area contributed by atoms with Crippen LogP contribution in [0.5, 0.6) is 0 Å². The highest BCUT2D eigenvalue weighted by atomic mass is 19.1. The molecule has 4 heteroatoms. The van der Waals surface area contributed by atoms with Crippen LogP contribution in [0.15, 0.2) is 48.5 Å². The molecule has 0 aliphatic rings. The molecule has 0 spiro atoms. The van der Waals surface area contributed by atoms with Gasteiger partial charge in [-0.05, 0) is 35.7 Å². The molecule has 0 N–H and O–H groups in total. The molecule has 0 radical (unpaired) electrons. The molecule has 2 rings (SSSR count). The highest BCUT2D eigenvalue weighted by molar-refractivity contribution is 5.76. The number of hydrogen-bond acceptors (Lipinski definition) is 2. The van der Waals surface area contributed by atoms with Crippen LogP contribution < -0.4 is 0 Å². The molecule has 0 atom stereocenters. The average molecular weight is 296 g/mol. The second-order valence-electron chi connectivity index (χ2n) is 5.15. The van der Waals surface area contributed by atoms with Crippen LogP contribution in [-0.4, -0.2) is 17.9 Å². The predicted octanol–water partition coefficient (Wildman–Crippen LogP) is 3.29. The SMILES string of the molecule is CN(Cc1cccc(C#N)c1)C(=O)CCc1ccccc1F. The Morgan fingerprint density at radius 1 is 1.23 bits per heavy atom. The summed E-state index contributed by atoms with van der Waals surface area (Å²) in [4.78, 5) is 13.7. The van der Waals surface area contributed by atoms with Gasteiger partial charge in [-0.3, -0.25) is 4.79 Å². The maximum atomic E-state index is 13.5. The summed E-state index contributed by atoms with van der Waals surface area (Å²) in [5.74, 6) is -0.328. The number of hydrogen-bond donors (Lipinski definition) is 0. The lowest BCUT2D eigenvalue weighted by Crippen LogP contribution is -2.26. The fraction of sp³-hybridized carbons (Fsp3) is 0.222. The number of benzene rings is 2. The second kappa shape index (κ2) is 7.37. The Bertz CT molecular complexity index is 706. The molecular formula is C18H17FN2O. The van der Waals surface area contributed by atoms with E-state index in [0.29, 0.717) is 24.1 Å². The van der Waals surface area contributed by atoms with Gasteiger partial charge < -0.3 is 4.90 Å². The van der Waals surface area contributed by atoms with Gasteiger partial charge in [-0.25, -0.2) is 4.39 Å². The Balaban J connectivity index is 1.92. The molecule has 2 aromatic carbocycles. The topological polar surface area (TPSA) is 44.1 Å². The monoisotopic (exact) mass is 296 g/mol. The number of nitrogens with zero attached hydrogens (tertiary/aromatic N) is 2. The van der Waals surface area contributed by atoms with Gasteiger partial charge in [0.15, 0.2) is 0 Å². The van der Waals surface area contributed by atoms with Crippen molar-refractivity contribution < 1.29 is 9.18 Å². The molecule has 0 unspecified atom stereocenters. The summed E-state index contributed by atoms with van der Waals surface area (Å²) in [5, 5.41) is 8.88. The van der Waals surface area contributed by atoms with E-state index in [9.17, 15) is 9.18 Å². The summed E-state index contributed by atoms with van der Waals surface area (Å²) >= 11 is 0. The molecule has 0 saturated carbocycles. The van der Waals surface area contributed by atoms with Gasteiger partial charge in [0.1, 0.15) is 5.82 Å². The van der Waals surface area contributed by atoms with Crippen LogP contribution in [0.25, 0.3) is 0 Å². The first-order chi connectivity index (χ1) is 10.6. The number of nitriles is 1. The molecule has 0 bridgehead atoms. The number of carbonyl (C=O) groups is 1. The maximum absolute atomic E-state index is 13.5. The fourth-order valence-corrected chi connectivity index (χ4v) is 2.23. The Morgan fingerprint density at radius 3 is 2.73 bits per heavy atom. The van der Waals surface area contributed by atoms with Gasteiger partial charge in [-0.2, -0.15) is 5.26 Å². The second-order valence-corrected chi connectivity index (χ2v) is 5.15. The average Bonchev–Trinajstić information content (AvgIpc) is 2.54. The van der Waals surface area contributed by atoms with E-state index in [2.05, 4.69) is 6.07 Å². The number of carbonyl (C=O) groups excluding carboxylic acids is 1. The van der Waals surface area contributed by atoms with Crippen molar-refractivity contribution in [2.75, 3.05) is 7.05 Å². The molecule has 3 nitrogen and oxygen atoms in total. The van der Waals surface area contributed by atoms with E-state index >= 15 is 0 Å². The van der Waals surface area contributed by atoms with E-state index in [1.807, 2.05) is 6.07 Å². The molecule has 0 aromatic heterocycles. The lowest BCUT2D eigenvalue weighted by atomic mass is 10.1. The zero-order valence-corrected chi connectivity index (χ0v) is 12.4. The number of rotatable bonds is 5. The van der Waals surface area contributed by atoms with Crippen LogP contribution >= 0.6 is 0 Å². The minimum absolute atomic E-state index is 0.0504. The number of halogens is 1. The van der Waals surface area contributed by atoms with Gasteiger partial charge in [0, 0.05) is 20.0 Å². The summed E-state index contributed by atoms with van der Waals surface area (Å²) in [6, 6.07) is 15.7. The van der Waals surface area contributed by atoms with Gasteiger partial charge >= 0.3 is 0 Å². The third kappa shape index (κ3) is 4.16. The first-order valence-electron chi connectivity index (χ1n) is 7.06. The van der Waals surface area contributed by atoms with Crippen LogP contribution in [0.3, 0.4) is 0 Å². The van der Waals surface area contributed by atoms with Crippen molar-refractivity contribution in [3.05, 3.63) is 71.0 Å². The van der Waals surface area contributed by atoms with Crippen molar-refractivity contribution in [2.45, 2.75) is 19.4 Å². The van der Waals surface area contributed by atoms with Crippen molar-refractivity contribution in [1.29, 1.82) is 5.26 Å². The molecule has 1 amide bonds. The lowest BCUT2D eigenvalue weighted by molar-refractivity contribution is -0.130. The third-order valence-corrected chi connectivity index (χ3v) is 3.47. The first kappa shape index (κ1) is 15.7. The summed E-state index contributed by atoms with van der Waals surface area (Å²) < 4.78 is 13.5. The van der Waals surface area contributed by atoms with Crippen LogP contribution in [0.1, 0.15) is 23.1 Å². The predicted molar refractivity (Wildman–Crippen MR) is 82.4 cm³/mol. The van der Waals surface area contributed by atoms with Crippen LogP contribution in [0, 0.1) is 17.1 Å². The highest BCUT2D eigenvalue weighted by Crippen LogP contribution is 2.11. The third-order valence-electron chi connectivity index (χ3n) is 3.47. The first-order valence-corrected chi connectivity index (χ1v) is 7.06. The Kier molecular flexibility index (Phi) is 5.26. The fourth-order valence-electron chi connectivity index (χ4n) is 2.23. The number of aryl methyl sites for hydroxylation is 1. The van der Waals surface area contributed by atoms with Gasteiger partial charge in [-0.15, -0.1) is 0 Å². The molecule has 2 aromatic rings. The molecule has 0 saturated heterocycles. The summed E-state index contributed by atoms with van der Waals surface area (Å²) in [6.45, 7) is 0.436. The van der Waals surface area contributed by atoms with Gasteiger partial charge in [-0.1, -0.05) is 30.3 Å². The molecule has 0 aliphatic heterocycles. The molecule has 112 valence electrons. The summed E-state index contributed by atoms with van der Waals surface area (Å²) in [6.07, 6.45) is 0.642. The van der Waals surface area contributed by atoms with E-state index < -0.39 is 0 Å². The van der Waals surface area contributed by atoms with Crippen molar-refractivity contribution in [1.82, 2.24) is 4.90 Å². The van der Waals surface area contributed by atoms with E-state index in [0.717, 1.165) is 5.56 Å². The normalized spacial score (nSPS) is 10.0. The van der Waals surface area contributed by atoms with E-state index in [1.165, 1.54) is 6.07 Å². The molecule has 0 heterocycles. The standard InChI is InChI=1S/C18H17FN2O/c1-21(13-15-6-4-5-14(11-15)12-20)18(22)10-9-16-7-2-3-8-17(16)19/h2-8,11H,9-10,13H2,1H3. The van der Waals surface area contributed by atoms with Crippen LogP contribution in [0.2, 0.25) is 0 Å². The van der Waals surface area contributed by atoms with Crippen LogP contribution in [-0.2, 0) is 17.8 Å². The Labute approximate surface area is 129 Å². The van der Waals surface area contributed by atoms with Crippen molar-refractivity contribution >= 4 is 5.91 Å². The largest absolute Gasteiger partial charge is 0.341 e. The van der Waals surface area contributed by atoms with Gasteiger partial charge in [0.05, 0.1) is 11.6 Å².